The third kappa shape index (κ3) is 3.93. The van der Waals surface area contributed by atoms with Crippen LogP contribution < -0.4 is 5.69 Å². The number of pyridine rings is 1. The minimum atomic E-state index is -0.300. The zero-order valence-corrected chi connectivity index (χ0v) is 20.2. The first-order valence-corrected chi connectivity index (χ1v) is 12.3. The average Bonchev–Trinajstić information content (AvgIpc) is 3.55. The highest BCUT2D eigenvalue weighted by Gasteiger charge is 2.29. The second kappa shape index (κ2) is 9.12. The van der Waals surface area contributed by atoms with Crippen molar-refractivity contribution in [3.63, 3.8) is 0 Å². The van der Waals surface area contributed by atoms with Gasteiger partial charge in [0, 0.05) is 48.3 Å². The third-order valence-electron chi connectivity index (χ3n) is 6.74. The summed E-state index contributed by atoms with van der Waals surface area (Å²) in [5, 5.41) is 0.911. The quantitative estimate of drug-likeness (QED) is 0.331. The fourth-order valence-electron chi connectivity index (χ4n) is 4.94. The van der Waals surface area contributed by atoms with Crippen LogP contribution in [-0.2, 0) is 24.2 Å². The fraction of sp³-hybridized carbons (Fsp3) is 0.444. The van der Waals surface area contributed by atoms with Gasteiger partial charge in [-0.1, -0.05) is 32.0 Å². The number of hydrogen-bond acceptors (Lipinski definition) is 4. The largest absolute Gasteiger partial charge is 0.462 e. The second-order valence-corrected chi connectivity index (χ2v) is 9.54. The van der Waals surface area contributed by atoms with E-state index in [1.54, 1.807) is 12.4 Å². The molecule has 7 heteroatoms. The van der Waals surface area contributed by atoms with E-state index in [9.17, 15) is 9.59 Å². The van der Waals surface area contributed by atoms with Gasteiger partial charge in [-0.25, -0.2) is 9.59 Å². The third-order valence-corrected chi connectivity index (χ3v) is 6.74. The summed E-state index contributed by atoms with van der Waals surface area (Å²) in [4.78, 5) is 30.8. The average molecular weight is 461 g/mol. The van der Waals surface area contributed by atoms with E-state index in [0.29, 0.717) is 31.1 Å². The normalized spacial score (nSPS) is 13.9. The van der Waals surface area contributed by atoms with Crippen LogP contribution in [0.2, 0.25) is 0 Å². The molecule has 0 spiro atoms. The summed E-state index contributed by atoms with van der Waals surface area (Å²) < 4.78 is 11.5. The summed E-state index contributed by atoms with van der Waals surface area (Å²) in [6.45, 7) is 7.85. The van der Waals surface area contributed by atoms with Gasteiger partial charge in [-0.3, -0.25) is 14.1 Å². The lowest BCUT2D eigenvalue weighted by atomic mass is 10.1. The molecule has 0 aliphatic heterocycles. The van der Waals surface area contributed by atoms with Gasteiger partial charge in [-0.05, 0) is 44.2 Å². The number of aryl methyl sites for hydroxylation is 2. The Morgan fingerprint density at radius 1 is 1.09 bits per heavy atom. The van der Waals surface area contributed by atoms with Crippen LogP contribution in [0.3, 0.4) is 0 Å². The van der Waals surface area contributed by atoms with Crippen LogP contribution in [0, 0.1) is 5.92 Å². The van der Waals surface area contributed by atoms with E-state index in [2.05, 4.69) is 29.5 Å². The van der Waals surface area contributed by atoms with E-state index in [-0.39, 0.29) is 17.7 Å². The number of carbonyl (C=O) groups is 1. The van der Waals surface area contributed by atoms with Crippen molar-refractivity contribution >= 4 is 27.9 Å². The van der Waals surface area contributed by atoms with Gasteiger partial charge in [-0.2, -0.15) is 0 Å². The lowest BCUT2D eigenvalue weighted by molar-refractivity contribution is 0.0527. The van der Waals surface area contributed by atoms with Crippen molar-refractivity contribution in [3.8, 4) is 0 Å². The van der Waals surface area contributed by atoms with E-state index >= 15 is 0 Å². The maximum Gasteiger partial charge on any atom is 0.340 e. The molecule has 7 nitrogen and oxygen atoms in total. The zero-order valence-electron chi connectivity index (χ0n) is 20.2. The summed E-state index contributed by atoms with van der Waals surface area (Å²) in [7, 11) is 0. The van der Waals surface area contributed by atoms with Gasteiger partial charge in [0.05, 0.1) is 29.4 Å². The minimum absolute atomic E-state index is 0.00743. The fourth-order valence-corrected chi connectivity index (χ4v) is 4.94. The van der Waals surface area contributed by atoms with Crippen LogP contribution in [0.1, 0.15) is 62.1 Å². The molecule has 3 heterocycles. The Kier molecular flexibility index (Phi) is 6.02. The Labute approximate surface area is 199 Å². The number of fused-ring (bicyclic) bond motifs is 2. The molecule has 0 unspecified atom stereocenters. The number of para-hydroxylation sites is 1. The van der Waals surface area contributed by atoms with Crippen molar-refractivity contribution in [1.29, 1.82) is 0 Å². The SMILES string of the molecule is CCOC(=O)c1c(CCn2c(=O)n(C3CC3)c3ccncc32)n(CCC(C)C)c2ccccc12. The summed E-state index contributed by atoms with van der Waals surface area (Å²) >= 11 is 0. The van der Waals surface area contributed by atoms with Gasteiger partial charge in [0.2, 0.25) is 0 Å². The van der Waals surface area contributed by atoms with Crippen molar-refractivity contribution in [1.82, 2.24) is 18.7 Å². The molecule has 34 heavy (non-hydrogen) atoms. The van der Waals surface area contributed by atoms with Crippen molar-refractivity contribution in [2.24, 2.45) is 5.92 Å². The van der Waals surface area contributed by atoms with E-state index in [1.165, 1.54) is 0 Å². The van der Waals surface area contributed by atoms with Gasteiger partial charge < -0.3 is 9.30 Å². The number of benzene rings is 1. The number of carbonyl (C=O) groups excluding carboxylic acids is 1. The Morgan fingerprint density at radius 2 is 1.88 bits per heavy atom. The Balaban J connectivity index is 1.60. The topological polar surface area (TPSA) is 71.1 Å². The van der Waals surface area contributed by atoms with Crippen LogP contribution in [0.25, 0.3) is 21.9 Å². The number of nitrogens with zero attached hydrogens (tertiary/aromatic N) is 4. The standard InChI is InChI=1S/C27H32N4O3/c1-4-34-26(32)25-20-7-5-6-8-21(20)29(15-12-18(2)3)23(25)13-16-30-24-17-28-14-11-22(24)31(27(30)33)19-9-10-19/h5-8,11,14,17-19H,4,9-10,12-13,15-16H2,1-3H3. The molecule has 1 aliphatic carbocycles. The Bertz CT molecular complexity index is 1400. The molecule has 0 bridgehead atoms. The summed E-state index contributed by atoms with van der Waals surface area (Å²) in [6.07, 6.45) is 7.15. The monoisotopic (exact) mass is 460 g/mol. The molecule has 1 aromatic carbocycles. The summed E-state index contributed by atoms with van der Waals surface area (Å²) in [5.74, 6) is 0.233. The second-order valence-electron chi connectivity index (χ2n) is 9.54. The summed E-state index contributed by atoms with van der Waals surface area (Å²) in [6, 6.07) is 10.2. The first-order chi connectivity index (χ1) is 16.5. The van der Waals surface area contributed by atoms with Crippen LogP contribution >= 0.6 is 0 Å². The van der Waals surface area contributed by atoms with E-state index in [1.807, 2.05) is 40.3 Å². The molecule has 0 radical (unpaired) electrons. The molecular formula is C27H32N4O3. The first kappa shape index (κ1) is 22.4. The first-order valence-electron chi connectivity index (χ1n) is 12.3. The number of aromatic nitrogens is 4. The Hall–Kier alpha value is -3.35. The van der Waals surface area contributed by atoms with E-state index < -0.39 is 0 Å². The van der Waals surface area contributed by atoms with Gasteiger partial charge in [0.1, 0.15) is 0 Å². The lowest BCUT2D eigenvalue weighted by Crippen LogP contribution is -2.25. The van der Waals surface area contributed by atoms with Gasteiger partial charge >= 0.3 is 11.7 Å². The maximum absolute atomic E-state index is 13.4. The molecule has 0 saturated heterocycles. The van der Waals surface area contributed by atoms with Crippen molar-refractivity contribution in [2.75, 3.05) is 6.61 Å². The molecule has 0 atom stereocenters. The highest BCUT2D eigenvalue weighted by atomic mass is 16.5. The minimum Gasteiger partial charge on any atom is -0.462 e. The number of esters is 1. The molecule has 0 amide bonds. The molecule has 1 fully saturated rings. The number of ether oxygens (including phenoxy) is 1. The maximum atomic E-state index is 13.4. The molecule has 1 saturated carbocycles. The molecular weight excluding hydrogens is 428 g/mol. The van der Waals surface area contributed by atoms with Gasteiger partial charge in [-0.15, -0.1) is 0 Å². The van der Waals surface area contributed by atoms with Gasteiger partial charge in [0.15, 0.2) is 0 Å². The highest BCUT2D eigenvalue weighted by molar-refractivity contribution is 6.06. The predicted octanol–water partition coefficient (Wildman–Crippen LogP) is 4.95. The van der Waals surface area contributed by atoms with Crippen LogP contribution in [-0.4, -0.2) is 31.3 Å². The van der Waals surface area contributed by atoms with Crippen LogP contribution in [0.5, 0.6) is 0 Å². The van der Waals surface area contributed by atoms with Crippen molar-refractivity contribution in [2.45, 2.75) is 65.6 Å². The molecule has 5 rings (SSSR count). The van der Waals surface area contributed by atoms with Crippen LogP contribution in [0.4, 0.5) is 0 Å². The van der Waals surface area contributed by atoms with E-state index in [4.69, 9.17) is 4.74 Å². The number of imidazole rings is 1. The predicted molar refractivity (Wildman–Crippen MR) is 133 cm³/mol. The number of hydrogen-bond donors (Lipinski definition) is 0. The smallest absolute Gasteiger partial charge is 0.340 e. The molecule has 4 aromatic rings. The highest BCUT2D eigenvalue weighted by Crippen LogP contribution is 2.36. The van der Waals surface area contributed by atoms with E-state index in [0.717, 1.165) is 53.4 Å². The van der Waals surface area contributed by atoms with Crippen molar-refractivity contribution in [3.05, 3.63) is 64.5 Å². The molecule has 0 N–H and O–H groups in total. The molecule has 178 valence electrons. The summed E-state index contributed by atoms with van der Waals surface area (Å²) in [5.41, 5.74) is 4.39. The molecule has 1 aliphatic rings. The zero-order chi connectivity index (χ0) is 23.8. The molecule has 3 aromatic heterocycles. The van der Waals surface area contributed by atoms with Gasteiger partial charge in [0.25, 0.3) is 0 Å². The van der Waals surface area contributed by atoms with Crippen molar-refractivity contribution < 1.29 is 9.53 Å². The number of rotatable bonds is 9. The lowest BCUT2D eigenvalue weighted by Gasteiger charge is -2.14. The Morgan fingerprint density at radius 3 is 2.62 bits per heavy atom. The van der Waals surface area contributed by atoms with Crippen LogP contribution in [0.15, 0.2) is 47.5 Å².